The molecule has 1 nitrogen and oxygen atoms in total. The zero-order chi connectivity index (χ0) is 10.1. The van der Waals surface area contributed by atoms with Crippen molar-refractivity contribution in [2.75, 3.05) is 0 Å². The second-order valence-electron chi connectivity index (χ2n) is 3.07. The summed E-state index contributed by atoms with van der Waals surface area (Å²) in [7, 11) is 0. The Morgan fingerprint density at radius 2 is 2.29 bits per heavy atom. The summed E-state index contributed by atoms with van der Waals surface area (Å²) in [5.41, 5.74) is 0.801. The maximum atomic E-state index is 11.6. The molecule has 0 unspecified atom stereocenters. The zero-order valence-electron chi connectivity index (χ0n) is 7.71. The van der Waals surface area contributed by atoms with Gasteiger partial charge in [0.1, 0.15) is 0 Å². The van der Waals surface area contributed by atoms with Gasteiger partial charge in [-0.3, -0.25) is 4.79 Å². The van der Waals surface area contributed by atoms with Crippen molar-refractivity contribution in [2.45, 2.75) is 13.3 Å². The fourth-order valence-corrected chi connectivity index (χ4v) is 2.53. The Balaban J connectivity index is 2.67. The van der Waals surface area contributed by atoms with Crippen molar-refractivity contribution >= 4 is 38.8 Å². The zero-order valence-corrected chi connectivity index (χ0v) is 9.28. The van der Waals surface area contributed by atoms with Gasteiger partial charge in [0.2, 0.25) is 0 Å². The highest BCUT2D eigenvalue weighted by atomic mass is 35.5. The van der Waals surface area contributed by atoms with Crippen LogP contribution in [0, 0.1) is 0 Å². The molecule has 1 aromatic heterocycles. The minimum atomic E-state index is 0.179. The maximum absolute atomic E-state index is 11.6. The van der Waals surface area contributed by atoms with Crippen LogP contribution >= 0.6 is 22.9 Å². The molecule has 1 heterocycles. The number of rotatable bonds is 2. The van der Waals surface area contributed by atoms with E-state index in [4.69, 9.17) is 11.6 Å². The molecule has 0 bridgehead atoms. The van der Waals surface area contributed by atoms with Gasteiger partial charge < -0.3 is 0 Å². The first kappa shape index (κ1) is 9.69. The molecule has 0 spiro atoms. The lowest BCUT2D eigenvalue weighted by Crippen LogP contribution is -1.93. The van der Waals surface area contributed by atoms with Crippen LogP contribution in [0.1, 0.15) is 23.7 Å². The normalized spacial score (nSPS) is 10.7. The van der Waals surface area contributed by atoms with Crippen LogP contribution in [0.2, 0.25) is 5.02 Å². The molecular weight excluding hydrogens is 216 g/mol. The summed E-state index contributed by atoms with van der Waals surface area (Å²) in [5.74, 6) is 0.179. The lowest BCUT2D eigenvalue weighted by Gasteiger charge is -1.95. The molecule has 2 aromatic rings. The van der Waals surface area contributed by atoms with Crippen molar-refractivity contribution in [3.8, 4) is 0 Å². The van der Waals surface area contributed by atoms with Crippen LogP contribution in [0.15, 0.2) is 23.6 Å². The second kappa shape index (κ2) is 3.71. The largest absolute Gasteiger partial charge is 0.294 e. The fraction of sp³-hybridized carbons (Fsp3) is 0.182. The molecule has 72 valence electrons. The number of benzene rings is 1. The molecule has 0 saturated carbocycles. The van der Waals surface area contributed by atoms with Crippen molar-refractivity contribution < 1.29 is 4.79 Å². The number of carbonyl (C=O) groups is 1. The summed E-state index contributed by atoms with van der Waals surface area (Å²) in [6, 6.07) is 5.66. The van der Waals surface area contributed by atoms with Gasteiger partial charge in [0, 0.05) is 32.5 Å². The molecule has 3 heteroatoms. The van der Waals surface area contributed by atoms with Crippen LogP contribution in [-0.4, -0.2) is 5.78 Å². The van der Waals surface area contributed by atoms with Gasteiger partial charge in [0.05, 0.1) is 0 Å². The number of ketones is 1. The van der Waals surface area contributed by atoms with Gasteiger partial charge in [-0.2, -0.15) is 0 Å². The standard InChI is InChI=1S/C11H9ClOS/c1-2-10(13)9-6-14-11-4-3-7(12)5-8(9)11/h3-6H,2H2,1H3. The molecular formula is C11H9ClOS. The van der Waals surface area contributed by atoms with E-state index in [9.17, 15) is 4.79 Å². The molecule has 0 radical (unpaired) electrons. The second-order valence-corrected chi connectivity index (χ2v) is 4.41. The van der Waals surface area contributed by atoms with Gasteiger partial charge in [0.15, 0.2) is 5.78 Å². The Morgan fingerprint density at radius 3 is 3.00 bits per heavy atom. The van der Waals surface area contributed by atoms with Crippen molar-refractivity contribution in [1.82, 2.24) is 0 Å². The van der Waals surface area contributed by atoms with E-state index in [1.807, 2.05) is 30.5 Å². The van der Waals surface area contributed by atoms with Gasteiger partial charge in [-0.05, 0) is 18.2 Å². The Morgan fingerprint density at radius 1 is 1.50 bits per heavy atom. The maximum Gasteiger partial charge on any atom is 0.164 e. The third-order valence-electron chi connectivity index (χ3n) is 2.16. The lowest BCUT2D eigenvalue weighted by atomic mass is 10.1. The average molecular weight is 225 g/mol. The van der Waals surface area contributed by atoms with E-state index in [0.717, 1.165) is 15.6 Å². The molecule has 14 heavy (non-hydrogen) atoms. The van der Waals surface area contributed by atoms with Gasteiger partial charge in [-0.25, -0.2) is 0 Å². The smallest absolute Gasteiger partial charge is 0.164 e. The Labute approximate surface area is 91.3 Å². The van der Waals surface area contributed by atoms with Gasteiger partial charge in [0.25, 0.3) is 0 Å². The van der Waals surface area contributed by atoms with Crippen LogP contribution in [-0.2, 0) is 0 Å². The van der Waals surface area contributed by atoms with Crippen LogP contribution in [0.4, 0.5) is 0 Å². The topological polar surface area (TPSA) is 17.1 Å². The van der Waals surface area contributed by atoms with Crippen molar-refractivity contribution in [3.63, 3.8) is 0 Å². The fourth-order valence-electron chi connectivity index (χ4n) is 1.41. The molecule has 0 fully saturated rings. The van der Waals surface area contributed by atoms with E-state index in [1.54, 1.807) is 11.3 Å². The summed E-state index contributed by atoms with van der Waals surface area (Å²) >= 11 is 7.48. The van der Waals surface area contributed by atoms with Gasteiger partial charge in [-0.1, -0.05) is 18.5 Å². The molecule has 0 saturated heterocycles. The van der Waals surface area contributed by atoms with E-state index >= 15 is 0 Å². The quantitative estimate of drug-likeness (QED) is 0.701. The number of Topliss-reactive ketones (excluding diaryl/α,β-unsaturated/α-hetero) is 1. The van der Waals surface area contributed by atoms with Gasteiger partial charge >= 0.3 is 0 Å². The average Bonchev–Trinajstić information content (AvgIpc) is 2.59. The van der Waals surface area contributed by atoms with E-state index in [0.29, 0.717) is 11.4 Å². The monoisotopic (exact) mass is 224 g/mol. The number of carbonyl (C=O) groups excluding carboxylic acids is 1. The first-order valence-corrected chi connectivity index (χ1v) is 5.68. The molecule has 0 aliphatic heterocycles. The molecule has 2 rings (SSSR count). The first-order valence-electron chi connectivity index (χ1n) is 4.42. The van der Waals surface area contributed by atoms with Crippen LogP contribution < -0.4 is 0 Å². The summed E-state index contributed by atoms with van der Waals surface area (Å²) in [6.45, 7) is 1.87. The van der Waals surface area contributed by atoms with Crippen LogP contribution in [0.25, 0.3) is 10.1 Å². The summed E-state index contributed by atoms with van der Waals surface area (Å²) < 4.78 is 1.12. The van der Waals surface area contributed by atoms with E-state index in [-0.39, 0.29) is 5.78 Å². The molecule has 0 aliphatic carbocycles. The Kier molecular flexibility index (Phi) is 2.57. The highest BCUT2D eigenvalue weighted by Crippen LogP contribution is 2.29. The minimum Gasteiger partial charge on any atom is -0.294 e. The lowest BCUT2D eigenvalue weighted by molar-refractivity contribution is 0.0990. The third-order valence-corrected chi connectivity index (χ3v) is 3.36. The SMILES string of the molecule is CCC(=O)c1csc2ccc(Cl)cc12. The van der Waals surface area contributed by atoms with Crippen molar-refractivity contribution in [2.24, 2.45) is 0 Å². The van der Waals surface area contributed by atoms with Gasteiger partial charge in [-0.15, -0.1) is 11.3 Å². The number of halogens is 1. The molecule has 1 aromatic carbocycles. The molecule has 0 N–H and O–H groups in total. The summed E-state index contributed by atoms with van der Waals surface area (Å²) in [6.07, 6.45) is 0.540. The third kappa shape index (κ3) is 1.56. The van der Waals surface area contributed by atoms with Crippen LogP contribution in [0.3, 0.4) is 0 Å². The van der Waals surface area contributed by atoms with E-state index in [2.05, 4.69) is 0 Å². The Bertz CT molecular complexity index is 487. The highest BCUT2D eigenvalue weighted by Gasteiger charge is 2.10. The number of thiophene rings is 1. The Hall–Kier alpha value is -0.860. The van der Waals surface area contributed by atoms with Crippen molar-refractivity contribution in [1.29, 1.82) is 0 Å². The number of hydrogen-bond acceptors (Lipinski definition) is 2. The van der Waals surface area contributed by atoms with Crippen LogP contribution in [0.5, 0.6) is 0 Å². The molecule has 0 amide bonds. The summed E-state index contributed by atoms with van der Waals surface area (Å²) in [4.78, 5) is 11.6. The van der Waals surface area contributed by atoms with E-state index in [1.165, 1.54) is 0 Å². The first-order chi connectivity index (χ1) is 6.72. The number of fused-ring (bicyclic) bond motifs is 1. The molecule has 0 atom stereocenters. The predicted octanol–water partition coefficient (Wildman–Crippen LogP) is 4.15. The van der Waals surface area contributed by atoms with Crippen molar-refractivity contribution in [3.05, 3.63) is 34.2 Å². The number of hydrogen-bond donors (Lipinski definition) is 0. The predicted molar refractivity (Wildman–Crippen MR) is 61.5 cm³/mol. The highest BCUT2D eigenvalue weighted by molar-refractivity contribution is 7.17. The van der Waals surface area contributed by atoms with E-state index < -0.39 is 0 Å². The summed E-state index contributed by atoms with van der Waals surface area (Å²) in [5, 5.41) is 3.57. The minimum absolute atomic E-state index is 0.179. The molecule has 0 aliphatic rings.